The molecule has 0 bridgehead atoms. The van der Waals surface area contributed by atoms with Crippen molar-refractivity contribution in [2.24, 2.45) is 0 Å². The van der Waals surface area contributed by atoms with Crippen LogP contribution in [0.4, 0.5) is 5.82 Å². The Bertz CT molecular complexity index is 662. The highest BCUT2D eigenvalue weighted by Gasteiger charge is 2.16. The summed E-state index contributed by atoms with van der Waals surface area (Å²) in [6, 6.07) is 3.95. The largest absolute Gasteiger partial charge is 0.378 e. The molecule has 1 aliphatic rings. The van der Waals surface area contributed by atoms with Crippen molar-refractivity contribution in [3.8, 4) is 0 Å². The minimum Gasteiger partial charge on any atom is -0.378 e. The molecule has 1 saturated heterocycles. The topological polar surface area (TPSA) is 80.2 Å². The van der Waals surface area contributed by atoms with Gasteiger partial charge in [-0.3, -0.25) is 4.79 Å². The van der Waals surface area contributed by atoms with Crippen molar-refractivity contribution in [3.63, 3.8) is 0 Å². The zero-order chi connectivity index (χ0) is 16.8. The first-order valence-corrected chi connectivity index (χ1v) is 9.46. The lowest BCUT2D eigenvalue weighted by Crippen LogP contribution is -2.36. The van der Waals surface area contributed by atoms with E-state index in [1.807, 2.05) is 19.1 Å². The highest BCUT2D eigenvalue weighted by atomic mass is 32.2. The lowest BCUT2D eigenvalue weighted by Gasteiger charge is -2.28. The van der Waals surface area contributed by atoms with E-state index < -0.39 is 0 Å². The molecule has 3 rings (SSSR count). The smallest absolute Gasteiger partial charge is 0.233 e. The number of hydrogen-bond donors (Lipinski definition) is 1. The Labute approximate surface area is 148 Å². The van der Waals surface area contributed by atoms with Crippen molar-refractivity contribution >= 4 is 34.8 Å². The zero-order valence-corrected chi connectivity index (χ0v) is 15.0. The van der Waals surface area contributed by atoms with E-state index in [2.05, 4.69) is 25.4 Å². The summed E-state index contributed by atoms with van der Waals surface area (Å²) in [6.07, 6.45) is 1.78. The molecule has 0 spiro atoms. The van der Waals surface area contributed by atoms with E-state index in [0.717, 1.165) is 42.0 Å². The van der Waals surface area contributed by atoms with Crippen molar-refractivity contribution < 1.29 is 9.53 Å². The number of pyridine rings is 1. The number of thioether (sulfide) groups is 1. The van der Waals surface area contributed by atoms with E-state index in [9.17, 15) is 4.79 Å². The second kappa shape index (κ2) is 8.41. The van der Waals surface area contributed by atoms with Crippen LogP contribution in [-0.2, 0) is 16.1 Å². The van der Waals surface area contributed by atoms with Gasteiger partial charge in [0.2, 0.25) is 5.91 Å². The predicted octanol–water partition coefficient (Wildman–Crippen LogP) is 1.57. The van der Waals surface area contributed by atoms with E-state index in [1.165, 1.54) is 23.1 Å². The number of ether oxygens (including phenoxy) is 1. The van der Waals surface area contributed by atoms with Gasteiger partial charge in [-0.05, 0) is 24.6 Å². The van der Waals surface area contributed by atoms with Crippen molar-refractivity contribution in [1.82, 2.24) is 20.5 Å². The molecule has 1 atom stereocenters. The Morgan fingerprint density at radius 1 is 1.50 bits per heavy atom. The number of carbonyl (C=O) groups excluding carboxylic acids is 1. The van der Waals surface area contributed by atoms with Crippen LogP contribution in [0.5, 0.6) is 0 Å². The Hall–Kier alpha value is -1.71. The first-order valence-electron chi connectivity index (χ1n) is 7.70. The van der Waals surface area contributed by atoms with Gasteiger partial charge in [0.15, 0.2) is 4.34 Å². The van der Waals surface area contributed by atoms with Crippen molar-refractivity contribution in [1.29, 1.82) is 0 Å². The van der Waals surface area contributed by atoms with Gasteiger partial charge < -0.3 is 15.0 Å². The van der Waals surface area contributed by atoms with Crippen LogP contribution in [0, 0.1) is 0 Å². The van der Waals surface area contributed by atoms with Gasteiger partial charge in [0.25, 0.3) is 0 Å². The molecule has 3 heterocycles. The average molecular weight is 365 g/mol. The maximum absolute atomic E-state index is 12.2. The first-order chi connectivity index (χ1) is 11.7. The van der Waals surface area contributed by atoms with Gasteiger partial charge in [-0.2, -0.15) is 0 Å². The molecule has 7 nitrogen and oxygen atoms in total. The number of hydrogen-bond acceptors (Lipinski definition) is 8. The fourth-order valence-corrected chi connectivity index (χ4v) is 3.94. The van der Waals surface area contributed by atoms with Crippen LogP contribution in [-0.4, -0.2) is 52.6 Å². The van der Waals surface area contributed by atoms with Crippen LogP contribution in [0.15, 0.2) is 28.2 Å². The van der Waals surface area contributed by atoms with Gasteiger partial charge in [0.1, 0.15) is 11.3 Å². The summed E-state index contributed by atoms with van der Waals surface area (Å²) in [4.78, 5) is 18.8. The maximum atomic E-state index is 12.2. The number of carbonyl (C=O) groups is 1. The summed E-state index contributed by atoms with van der Waals surface area (Å²) in [5, 5.41) is 10.5. The van der Waals surface area contributed by atoms with Gasteiger partial charge in [0.05, 0.1) is 18.5 Å². The third kappa shape index (κ3) is 4.65. The molecule has 128 valence electrons. The Kier molecular flexibility index (Phi) is 6.00. The van der Waals surface area contributed by atoms with Gasteiger partial charge in [-0.15, -0.1) is 10.2 Å². The van der Waals surface area contributed by atoms with E-state index >= 15 is 0 Å². The fraction of sp³-hybridized carbons (Fsp3) is 0.467. The lowest BCUT2D eigenvalue weighted by atomic mass is 10.2. The monoisotopic (exact) mass is 365 g/mol. The Morgan fingerprint density at radius 2 is 2.33 bits per heavy atom. The Balaban J connectivity index is 1.53. The van der Waals surface area contributed by atoms with Crippen LogP contribution >= 0.6 is 23.1 Å². The van der Waals surface area contributed by atoms with E-state index in [4.69, 9.17) is 4.74 Å². The molecule has 0 radical (unpaired) electrons. The van der Waals surface area contributed by atoms with Crippen molar-refractivity contribution in [3.05, 3.63) is 29.4 Å². The second-order valence-corrected chi connectivity index (χ2v) is 7.73. The first kappa shape index (κ1) is 17.1. The van der Waals surface area contributed by atoms with Gasteiger partial charge >= 0.3 is 0 Å². The quantitative estimate of drug-likeness (QED) is 0.778. The fourth-order valence-electron chi connectivity index (χ4n) is 2.29. The molecule has 2 aromatic rings. The SMILES string of the molecule is CC(Sc1nncs1)C(=O)NCc1ccnc(N2CCOCC2)c1. The molecule has 24 heavy (non-hydrogen) atoms. The number of nitrogens with zero attached hydrogens (tertiary/aromatic N) is 4. The van der Waals surface area contributed by atoms with Crippen LogP contribution in [0.1, 0.15) is 12.5 Å². The summed E-state index contributed by atoms with van der Waals surface area (Å²) in [5.41, 5.74) is 2.70. The molecule has 1 aliphatic heterocycles. The molecule has 1 unspecified atom stereocenters. The highest BCUT2D eigenvalue weighted by molar-refractivity contribution is 8.02. The van der Waals surface area contributed by atoms with Crippen LogP contribution in [0.2, 0.25) is 0 Å². The normalized spacial score (nSPS) is 16.0. The molecular formula is C15H19N5O2S2. The minimum atomic E-state index is -0.210. The van der Waals surface area contributed by atoms with Gasteiger partial charge in [-0.1, -0.05) is 23.1 Å². The highest BCUT2D eigenvalue weighted by Crippen LogP contribution is 2.24. The molecule has 0 saturated carbocycles. The van der Waals surface area contributed by atoms with Crippen LogP contribution < -0.4 is 10.2 Å². The number of amides is 1. The molecular weight excluding hydrogens is 346 g/mol. The lowest BCUT2D eigenvalue weighted by molar-refractivity contribution is -0.120. The average Bonchev–Trinajstić information content (AvgIpc) is 3.13. The maximum Gasteiger partial charge on any atom is 0.233 e. The van der Waals surface area contributed by atoms with Gasteiger partial charge in [0, 0.05) is 25.8 Å². The molecule has 1 fully saturated rings. The van der Waals surface area contributed by atoms with E-state index in [-0.39, 0.29) is 11.2 Å². The molecule has 2 aromatic heterocycles. The zero-order valence-electron chi connectivity index (χ0n) is 13.3. The van der Waals surface area contributed by atoms with Crippen LogP contribution in [0.25, 0.3) is 0 Å². The number of aromatic nitrogens is 3. The molecule has 0 aliphatic carbocycles. The third-order valence-electron chi connectivity index (χ3n) is 3.60. The third-order valence-corrected chi connectivity index (χ3v) is 5.51. The number of morpholine rings is 1. The van der Waals surface area contributed by atoms with Crippen molar-refractivity contribution in [2.75, 3.05) is 31.2 Å². The molecule has 1 N–H and O–H groups in total. The summed E-state index contributed by atoms with van der Waals surface area (Å²) in [6.45, 7) is 5.50. The van der Waals surface area contributed by atoms with E-state index in [0.29, 0.717) is 6.54 Å². The minimum absolute atomic E-state index is 0.0139. The van der Waals surface area contributed by atoms with Gasteiger partial charge in [-0.25, -0.2) is 4.98 Å². The summed E-state index contributed by atoms with van der Waals surface area (Å²) in [7, 11) is 0. The molecule has 1 amide bonds. The number of nitrogens with one attached hydrogen (secondary N) is 1. The summed E-state index contributed by atoms with van der Waals surface area (Å²) >= 11 is 2.86. The summed E-state index contributed by atoms with van der Waals surface area (Å²) < 4.78 is 6.16. The number of rotatable bonds is 6. The standard InChI is InChI=1S/C15H19N5O2S2/c1-11(24-15-19-18-10-23-15)14(21)17-9-12-2-3-16-13(8-12)20-4-6-22-7-5-20/h2-3,8,10-11H,4-7,9H2,1H3,(H,17,21). The van der Waals surface area contributed by atoms with Crippen LogP contribution in [0.3, 0.4) is 0 Å². The number of anilines is 1. The second-order valence-electron chi connectivity index (χ2n) is 5.30. The van der Waals surface area contributed by atoms with E-state index in [1.54, 1.807) is 11.7 Å². The Morgan fingerprint density at radius 3 is 3.08 bits per heavy atom. The predicted molar refractivity (Wildman–Crippen MR) is 94.3 cm³/mol. The summed E-state index contributed by atoms with van der Waals surface area (Å²) in [5.74, 6) is 0.918. The molecule has 9 heteroatoms. The molecule has 0 aromatic carbocycles. The van der Waals surface area contributed by atoms with Crippen molar-refractivity contribution in [2.45, 2.75) is 23.1 Å².